The highest BCUT2D eigenvalue weighted by atomic mass is 32.1. The molecule has 2 heterocycles. The van der Waals surface area contributed by atoms with Crippen LogP contribution in [0.1, 0.15) is 35.1 Å². The van der Waals surface area contributed by atoms with E-state index >= 15 is 0 Å². The molecule has 1 aliphatic carbocycles. The van der Waals surface area contributed by atoms with Crippen LogP contribution in [0.25, 0.3) is 0 Å². The maximum atomic E-state index is 9.17. The minimum absolute atomic E-state index is 0.316. The second kappa shape index (κ2) is 6.39. The van der Waals surface area contributed by atoms with Crippen LogP contribution in [0.15, 0.2) is 35.0 Å². The third kappa shape index (κ3) is 3.50. The summed E-state index contributed by atoms with van der Waals surface area (Å²) < 4.78 is 0. The first-order valence-corrected chi connectivity index (χ1v) is 8.97. The average Bonchev–Trinajstić information content (AvgIpc) is 2.90. The van der Waals surface area contributed by atoms with Crippen molar-refractivity contribution in [3.05, 3.63) is 44.8 Å². The van der Waals surface area contributed by atoms with E-state index in [-0.39, 0.29) is 0 Å². The van der Waals surface area contributed by atoms with E-state index in [9.17, 15) is 5.11 Å². The van der Waals surface area contributed by atoms with Gasteiger partial charge < -0.3 is 10.4 Å². The van der Waals surface area contributed by atoms with Gasteiger partial charge in [-0.1, -0.05) is 12.1 Å². The van der Waals surface area contributed by atoms with E-state index < -0.39 is 0 Å². The molecule has 0 aliphatic heterocycles. The minimum atomic E-state index is 0.316. The van der Waals surface area contributed by atoms with Crippen molar-refractivity contribution in [3.63, 3.8) is 0 Å². The number of hydrogen-bond donors (Lipinski definition) is 2. The van der Waals surface area contributed by atoms with E-state index in [1.807, 2.05) is 22.7 Å². The Labute approximate surface area is 128 Å². The average molecular weight is 307 g/mol. The highest BCUT2D eigenvalue weighted by molar-refractivity contribution is 7.10. The van der Waals surface area contributed by atoms with E-state index in [1.165, 1.54) is 22.6 Å². The van der Waals surface area contributed by atoms with Gasteiger partial charge in [0.05, 0.1) is 0 Å². The predicted octanol–water partition coefficient (Wildman–Crippen LogP) is 3.85. The van der Waals surface area contributed by atoms with Crippen LogP contribution < -0.4 is 5.32 Å². The molecule has 0 amide bonds. The minimum Gasteiger partial charge on any atom is -0.396 e. The predicted molar refractivity (Wildman–Crippen MR) is 86.5 cm³/mol. The van der Waals surface area contributed by atoms with Crippen LogP contribution in [0, 0.1) is 5.41 Å². The highest BCUT2D eigenvalue weighted by Gasteiger charge is 2.41. The Hall–Kier alpha value is -0.680. The van der Waals surface area contributed by atoms with Crippen LogP contribution in [-0.4, -0.2) is 18.3 Å². The molecule has 2 aromatic rings. The zero-order valence-electron chi connectivity index (χ0n) is 11.5. The van der Waals surface area contributed by atoms with Crippen molar-refractivity contribution >= 4 is 22.7 Å². The first-order valence-electron chi connectivity index (χ1n) is 7.21. The summed E-state index contributed by atoms with van der Waals surface area (Å²) in [6, 6.07) is 9.10. The van der Waals surface area contributed by atoms with Gasteiger partial charge in [-0.3, -0.25) is 0 Å². The maximum absolute atomic E-state index is 9.17. The molecule has 0 aromatic carbocycles. The van der Waals surface area contributed by atoms with Crippen LogP contribution in [0.2, 0.25) is 0 Å². The lowest BCUT2D eigenvalue weighted by atomic mass is 10.0. The van der Waals surface area contributed by atoms with Gasteiger partial charge in [-0.15, -0.1) is 22.7 Å². The lowest BCUT2D eigenvalue weighted by molar-refractivity contribution is 0.242. The maximum Gasteiger partial charge on any atom is 0.0463 e. The molecule has 0 spiro atoms. The molecular formula is C16H21NOS2. The number of aliphatic hydroxyl groups excluding tert-OH is 1. The van der Waals surface area contributed by atoms with Gasteiger partial charge in [-0.05, 0) is 47.6 Å². The van der Waals surface area contributed by atoms with E-state index in [2.05, 4.69) is 40.3 Å². The largest absolute Gasteiger partial charge is 0.396 e. The molecular weight excluding hydrogens is 286 g/mol. The first-order chi connectivity index (χ1) is 9.81. The van der Waals surface area contributed by atoms with Gasteiger partial charge in [0, 0.05) is 35.4 Å². The summed E-state index contributed by atoms with van der Waals surface area (Å²) in [6.45, 7) is 1.35. The monoisotopic (exact) mass is 307 g/mol. The van der Waals surface area contributed by atoms with Crippen molar-refractivity contribution < 1.29 is 5.11 Å². The standard InChI is InChI=1S/C16H21NOS2/c18-8-7-16(5-6-16)12-17-14(15-4-2-10-20-15)11-13-3-1-9-19-13/h1-4,9-10,14,17-18H,5-8,11-12H2. The Morgan fingerprint density at radius 1 is 1.20 bits per heavy atom. The van der Waals surface area contributed by atoms with E-state index in [0.717, 1.165) is 19.4 Å². The van der Waals surface area contributed by atoms with Crippen molar-refractivity contribution in [2.75, 3.05) is 13.2 Å². The van der Waals surface area contributed by atoms with Gasteiger partial charge in [0.15, 0.2) is 0 Å². The van der Waals surface area contributed by atoms with Crippen molar-refractivity contribution in [2.45, 2.75) is 31.7 Å². The van der Waals surface area contributed by atoms with Gasteiger partial charge in [0.25, 0.3) is 0 Å². The van der Waals surface area contributed by atoms with Gasteiger partial charge in [0.1, 0.15) is 0 Å². The zero-order chi connectivity index (χ0) is 13.8. The lowest BCUT2D eigenvalue weighted by Gasteiger charge is -2.21. The van der Waals surface area contributed by atoms with Crippen LogP contribution in [0.3, 0.4) is 0 Å². The normalized spacial score (nSPS) is 18.1. The Morgan fingerprint density at radius 2 is 2.00 bits per heavy atom. The second-order valence-corrected chi connectivity index (χ2v) is 7.72. The highest BCUT2D eigenvalue weighted by Crippen LogP contribution is 2.48. The molecule has 0 saturated heterocycles. The van der Waals surface area contributed by atoms with Crippen LogP contribution in [0.4, 0.5) is 0 Å². The molecule has 20 heavy (non-hydrogen) atoms. The van der Waals surface area contributed by atoms with Crippen LogP contribution in [-0.2, 0) is 6.42 Å². The summed E-state index contributed by atoms with van der Waals surface area (Å²) in [5.74, 6) is 0. The summed E-state index contributed by atoms with van der Waals surface area (Å²) in [7, 11) is 0. The fourth-order valence-corrected chi connectivity index (χ4v) is 4.22. The number of rotatable bonds is 8. The Bertz CT molecular complexity index is 503. The third-order valence-electron chi connectivity index (χ3n) is 4.19. The number of hydrogen-bond acceptors (Lipinski definition) is 4. The molecule has 1 aliphatic rings. The smallest absolute Gasteiger partial charge is 0.0463 e. The van der Waals surface area contributed by atoms with E-state index in [4.69, 9.17) is 0 Å². The number of aliphatic hydroxyl groups is 1. The zero-order valence-corrected chi connectivity index (χ0v) is 13.2. The number of nitrogens with one attached hydrogen (secondary N) is 1. The molecule has 3 rings (SSSR count). The molecule has 1 fully saturated rings. The van der Waals surface area contributed by atoms with Crippen LogP contribution in [0.5, 0.6) is 0 Å². The molecule has 1 saturated carbocycles. The summed E-state index contributed by atoms with van der Waals surface area (Å²) in [5, 5.41) is 17.2. The molecule has 108 valence electrons. The third-order valence-corrected chi connectivity index (χ3v) is 6.08. The molecule has 1 unspecified atom stereocenters. The van der Waals surface area contributed by atoms with Crippen molar-refractivity contribution in [1.82, 2.24) is 5.32 Å². The van der Waals surface area contributed by atoms with Gasteiger partial charge in [-0.2, -0.15) is 0 Å². The second-order valence-electron chi connectivity index (χ2n) is 5.71. The van der Waals surface area contributed by atoms with Gasteiger partial charge in [-0.25, -0.2) is 0 Å². The first kappa shape index (κ1) is 14.3. The summed E-state index contributed by atoms with van der Waals surface area (Å²) in [6.07, 6.45) is 4.52. The summed E-state index contributed by atoms with van der Waals surface area (Å²) >= 11 is 3.66. The Balaban J connectivity index is 1.63. The Kier molecular flexibility index (Phi) is 4.56. The SMILES string of the molecule is OCCC1(CNC(Cc2cccs2)c2cccs2)CC1. The van der Waals surface area contributed by atoms with Crippen molar-refractivity contribution in [1.29, 1.82) is 0 Å². The lowest BCUT2D eigenvalue weighted by Crippen LogP contribution is -2.29. The number of thiophene rings is 2. The fourth-order valence-electron chi connectivity index (χ4n) is 2.66. The van der Waals surface area contributed by atoms with Crippen LogP contribution >= 0.6 is 22.7 Å². The molecule has 2 N–H and O–H groups in total. The molecule has 0 bridgehead atoms. The van der Waals surface area contributed by atoms with Gasteiger partial charge in [0.2, 0.25) is 0 Å². The molecule has 0 radical (unpaired) electrons. The molecule has 1 atom stereocenters. The van der Waals surface area contributed by atoms with E-state index in [1.54, 1.807) is 0 Å². The van der Waals surface area contributed by atoms with Crippen molar-refractivity contribution in [3.8, 4) is 0 Å². The topological polar surface area (TPSA) is 32.3 Å². The summed E-state index contributed by atoms with van der Waals surface area (Å²) in [4.78, 5) is 2.85. The molecule has 2 nitrogen and oxygen atoms in total. The molecule has 2 aromatic heterocycles. The van der Waals surface area contributed by atoms with Gasteiger partial charge >= 0.3 is 0 Å². The fraction of sp³-hybridized carbons (Fsp3) is 0.500. The molecule has 4 heteroatoms. The summed E-state index contributed by atoms with van der Waals surface area (Å²) in [5.41, 5.74) is 0.375. The van der Waals surface area contributed by atoms with Crippen molar-refractivity contribution in [2.24, 2.45) is 5.41 Å². The van der Waals surface area contributed by atoms with E-state index in [0.29, 0.717) is 18.1 Å². The quantitative estimate of drug-likeness (QED) is 0.776. The Morgan fingerprint density at radius 3 is 2.60 bits per heavy atom.